The van der Waals surface area contributed by atoms with Gasteiger partial charge in [-0.1, -0.05) is 30.2 Å². The lowest BCUT2D eigenvalue weighted by Crippen LogP contribution is -2.45. The Labute approximate surface area is 104 Å². The molecule has 0 aliphatic heterocycles. The third kappa shape index (κ3) is 2.12. The Morgan fingerprint density at radius 1 is 1.35 bits per heavy atom. The fourth-order valence-corrected chi connectivity index (χ4v) is 3.03. The van der Waals surface area contributed by atoms with Crippen molar-refractivity contribution in [3.05, 3.63) is 34.9 Å². The Kier molecular flexibility index (Phi) is 3.55. The first-order chi connectivity index (χ1) is 8.13. The van der Waals surface area contributed by atoms with Crippen molar-refractivity contribution in [2.24, 2.45) is 5.41 Å². The van der Waals surface area contributed by atoms with Crippen LogP contribution < -0.4 is 5.32 Å². The summed E-state index contributed by atoms with van der Waals surface area (Å²) in [6.07, 6.45) is 3.49. The van der Waals surface area contributed by atoms with Gasteiger partial charge in [0.25, 0.3) is 0 Å². The molecule has 1 saturated carbocycles. The average Bonchev–Trinajstić information content (AvgIpc) is 2.27. The topological polar surface area (TPSA) is 32.3 Å². The second kappa shape index (κ2) is 4.79. The van der Waals surface area contributed by atoms with Crippen LogP contribution in [0.5, 0.6) is 0 Å². The van der Waals surface area contributed by atoms with E-state index in [4.69, 9.17) is 0 Å². The van der Waals surface area contributed by atoms with Crippen LogP contribution in [0.1, 0.15) is 42.0 Å². The molecule has 1 atom stereocenters. The number of benzene rings is 1. The second-order valence-corrected chi connectivity index (χ2v) is 5.46. The molecule has 0 radical (unpaired) electrons. The molecular formula is C15H23NO. The predicted octanol–water partition coefficient (Wildman–Crippen LogP) is 2.73. The van der Waals surface area contributed by atoms with E-state index in [0.717, 1.165) is 12.8 Å². The highest BCUT2D eigenvalue weighted by molar-refractivity contribution is 5.34. The van der Waals surface area contributed by atoms with Crippen LogP contribution in [0.2, 0.25) is 0 Å². The first-order valence-electron chi connectivity index (χ1n) is 6.48. The monoisotopic (exact) mass is 233 g/mol. The van der Waals surface area contributed by atoms with Crippen molar-refractivity contribution in [3.63, 3.8) is 0 Å². The van der Waals surface area contributed by atoms with Gasteiger partial charge in [-0.3, -0.25) is 0 Å². The van der Waals surface area contributed by atoms with Crippen molar-refractivity contribution < 1.29 is 5.11 Å². The van der Waals surface area contributed by atoms with Crippen LogP contribution >= 0.6 is 0 Å². The maximum absolute atomic E-state index is 9.72. The molecule has 1 aromatic carbocycles. The number of hydrogen-bond donors (Lipinski definition) is 2. The van der Waals surface area contributed by atoms with Gasteiger partial charge in [0, 0.05) is 11.5 Å². The molecule has 1 aliphatic carbocycles. The molecule has 0 heterocycles. The summed E-state index contributed by atoms with van der Waals surface area (Å²) in [7, 11) is 2.00. The Morgan fingerprint density at radius 2 is 2.06 bits per heavy atom. The molecule has 1 aliphatic rings. The molecule has 1 fully saturated rings. The van der Waals surface area contributed by atoms with E-state index < -0.39 is 0 Å². The molecule has 2 N–H and O–H groups in total. The molecule has 0 saturated heterocycles. The number of hydrogen-bond acceptors (Lipinski definition) is 2. The largest absolute Gasteiger partial charge is 0.396 e. The van der Waals surface area contributed by atoms with Crippen LogP contribution in [-0.4, -0.2) is 18.8 Å². The molecule has 1 aromatic rings. The Bertz CT molecular complexity index is 390. The number of aryl methyl sites for hydroxylation is 2. The molecule has 0 amide bonds. The van der Waals surface area contributed by atoms with Crippen LogP contribution in [0.15, 0.2) is 18.2 Å². The van der Waals surface area contributed by atoms with Crippen molar-refractivity contribution in [1.29, 1.82) is 0 Å². The zero-order chi connectivity index (χ0) is 12.5. The van der Waals surface area contributed by atoms with Gasteiger partial charge in [0.1, 0.15) is 0 Å². The molecule has 2 rings (SSSR count). The van der Waals surface area contributed by atoms with Gasteiger partial charge in [-0.15, -0.1) is 0 Å². The van der Waals surface area contributed by atoms with Crippen molar-refractivity contribution in [1.82, 2.24) is 5.32 Å². The van der Waals surface area contributed by atoms with Crippen LogP contribution in [-0.2, 0) is 0 Å². The fraction of sp³-hybridized carbons (Fsp3) is 0.600. The van der Waals surface area contributed by atoms with Gasteiger partial charge in [0.2, 0.25) is 0 Å². The lowest BCUT2D eigenvalue weighted by atomic mass is 9.62. The van der Waals surface area contributed by atoms with E-state index in [1.54, 1.807) is 0 Å². The molecule has 94 valence electrons. The summed E-state index contributed by atoms with van der Waals surface area (Å²) in [6.45, 7) is 4.57. The summed E-state index contributed by atoms with van der Waals surface area (Å²) in [5.74, 6) is 0. The molecule has 0 bridgehead atoms. The van der Waals surface area contributed by atoms with Crippen LogP contribution in [0, 0.1) is 19.3 Å². The summed E-state index contributed by atoms with van der Waals surface area (Å²) in [5, 5.41) is 13.1. The van der Waals surface area contributed by atoms with E-state index in [1.807, 2.05) is 7.05 Å². The molecule has 2 heteroatoms. The van der Waals surface area contributed by atoms with Gasteiger partial charge >= 0.3 is 0 Å². The molecule has 17 heavy (non-hydrogen) atoms. The Balaban J connectivity index is 2.37. The fourth-order valence-electron chi connectivity index (χ4n) is 3.03. The third-order valence-corrected chi connectivity index (χ3v) is 4.31. The van der Waals surface area contributed by atoms with E-state index in [-0.39, 0.29) is 18.1 Å². The maximum atomic E-state index is 9.72. The highest BCUT2D eigenvalue weighted by Gasteiger charge is 2.44. The minimum atomic E-state index is 0.0628. The summed E-state index contributed by atoms with van der Waals surface area (Å²) >= 11 is 0. The Hall–Kier alpha value is -0.860. The van der Waals surface area contributed by atoms with Crippen molar-refractivity contribution in [2.75, 3.05) is 13.7 Å². The standard InChI is InChI=1S/C15H23NO/c1-11-5-6-12(2)13(9-11)14(16-3)15(10-17)7-4-8-15/h5-6,9,14,16-17H,4,7-8,10H2,1-3H3. The number of aliphatic hydroxyl groups excluding tert-OH is 1. The molecule has 0 spiro atoms. The lowest BCUT2D eigenvalue weighted by molar-refractivity contribution is 0.00762. The van der Waals surface area contributed by atoms with Gasteiger partial charge in [-0.2, -0.15) is 0 Å². The van der Waals surface area contributed by atoms with Gasteiger partial charge in [-0.05, 0) is 44.9 Å². The van der Waals surface area contributed by atoms with Crippen LogP contribution in [0.3, 0.4) is 0 Å². The van der Waals surface area contributed by atoms with Gasteiger partial charge in [-0.25, -0.2) is 0 Å². The average molecular weight is 233 g/mol. The van der Waals surface area contributed by atoms with E-state index in [0.29, 0.717) is 0 Å². The molecular weight excluding hydrogens is 210 g/mol. The highest BCUT2D eigenvalue weighted by atomic mass is 16.3. The van der Waals surface area contributed by atoms with E-state index in [2.05, 4.69) is 37.4 Å². The van der Waals surface area contributed by atoms with Crippen molar-refractivity contribution >= 4 is 0 Å². The summed E-state index contributed by atoms with van der Waals surface area (Å²) in [5.41, 5.74) is 4.02. The van der Waals surface area contributed by atoms with Gasteiger partial charge in [0.15, 0.2) is 0 Å². The molecule has 0 aromatic heterocycles. The Morgan fingerprint density at radius 3 is 2.53 bits per heavy atom. The zero-order valence-electron chi connectivity index (χ0n) is 11.1. The van der Waals surface area contributed by atoms with E-state index in [9.17, 15) is 5.11 Å². The number of rotatable bonds is 4. The van der Waals surface area contributed by atoms with Crippen LogP contribution in [0.4, 0.5) is 0 Å². The second-order valence-electron chi connectivity index (χ2n) is 5.46. The van der Waals surface area contributed by atoms with E-state index >= 15 is 0 Å². The van der Waals surface area contributed by atoms with Crippen molar-refractivity contribution in [2.45, 2.75) is 39.2 Å². The number of aliphatic hydroxyl groups is 1. The van der Waals surface area contributed by atoms with E-state index in [1.165, 1.54) is 23.1 Å². The predicted molar refractivity (Wildman–Crippen MR) is 71.1 cm³/mol. The zero-order valence-corrected chi connectivity index (χ0v) is 11.1. The molecule has 2 nitrogen and oxygen atoms in total. The first kappa shape index (κ1) is 12.6. The van der Waals surface area contributed by atoms with Crippen molar-refractivity contribution in [3.8, 4) is 0 Å². The first-order valence-corrected chi connectivity index (χ1v) is 6.48. The minimum absolute atomic E-state index is 0.0628. The summed E-state index contributed by atoms with van der Waals surface area (Å²) in [4.78, 5) is 0. The molecule has 1 unspecified atom stereocenters. The smallest absolute Gasteiger partial charge is 0.0505 e. The number of nitrogens with one attached hydrogen (secondary N) is 1. The normalized spacial score (nSPS) is 19.8. The lowest BCUT2D eigenvalue weighted by Gasteiger charge is -2.47. The maximum Gasteiger partial charge on any atom is 0.0505 e. The van der Waals surface area contributed by atoms with Crippen LogP contribution in [0.25, 0.3) is 0 Å². The third-order valence-electron chi connectivity index (χ3n) is 4.31. The summed E-state index contributed by atoms with van der Waals surface area (Å²) < 4.78 is 0. The quantitative estimate of drug-likeness (QED) is 0.838. The van der Waals surface area contributed by atoms with Gasteiger partial charge in [0.05, 0.1) is 6.61 Å². The summed E-state index contributed by atoms with van der Waals surface area (Å²) in [6, 6.07) is 6.87. The SMILES string of the molecule is CNC(c1cc(C)ccc1C)C1(CO)CCC1. The highest BCUT2D eigenvalue weighted by Crippen LogP contribution is 2.50. The van der Waals surface area contributed by atoms with Gasteiger partial charge < -0.3 is 10.4 Å². The minimum Gasteiger partial charge on any atom is -0.396 e.